The Balaban J connectivity index is 1.90. The summed E-state index contributed by atoms with van der Waals surface area (Å²) in [5, 5.41) is 4.69. The molecular weight excluding hydrogens is 282 g/mol. The molecule has 0 aliphatic carbocycles. The number of hydrogen-bond acceptors (Lipinski definition) is 5. The molecule has 0 bridgehead atoms. The van der Waals surface area contributed by atoms with Crippen molar-refractivity contribution >= 4 is 11.3 Å². The fourth-order valence-electron chi connectivity index (χ4n) is 2.09. The minimum absolute atomic E-state index is 0.128. The topological polar surface area (TPSA) is 41.3 Å². The number of furan rings is 1. The summed E-state index contributed by atoms with van der Waals surface area (Å²) in [5.74, 6) is 0.993. The smallest absolute Gasteiger partial charge is 0.122 e. The van der Waals surface area contributed by atoms with Gasteiger partial charge in [-0.05, 0) is 26.2 Å². The van der Waals surface area contributed by atoms with Crippen LogP contribution in [0.2, 0.25) is 0 Å². The first-order valence-corrected chi connectivity index (χ1v) is 8.05. The second-order valence-electron chi connectivity index (χ2n) is 6.51. The first-order valence-electron chi connectivity index (χ1n) is 7.23. The fraction of sp³-hybridized carbons (Fsp3) is 0.562. The van der Waals surface area contributed by atoms with Crippen LogP contribution in [0.1, 0.15) is 42.5 Å². The van der Waals surface area contributed by atoms with Crippen LogP contribution in [0, 0.1) is 0 Å². The van der Waals surface area contributed by atoms with Gasteiger partial charge in [0.2, 0.25) is 0 Å². The molecule has 1 N–H and O–H groups in total. The van der Waals surface area contributed by atoms with Crippen molar-refractivity contribution in [2.75, 3.05) is 20.6 Å². The standard InChI is InChI=1S/C16H25N3OS/c1-16(2,3)15-18-10-12(21-15)9-17-11-13(19(4)5)14-7-6-8-20-14/h6-8,10,13,17H,9,11H2,1-5H3. The van der Waals surface area contributed by atoms with E-state index in [1.165, 1.54) is 9.88 Å². The maximum atomic E-state index is 5.52. The van der Waals surface area contributed by atoms with Gasteiger partial charge < -0.3 is 9.73 Å². The summed E-state index contributed by atoms with van der Waals surface area (Å²) >= 11 is 1.79. The molecule has 2 aromatic heterocycles. The van der Waals surface area contributed by atoms with Crippen molar-refractivity contribution in [1.29, 1.82) is 0 Å². The predicted molar refractivity (Wildman–Crippen MR) is 87.7 cm³/mol. The molecule has 0 saturated carbocycles. The molecule has 1 atom stereocenters. The van der Waals surface area contributed by atoms with Crippen molar-refractivity contribution in [2.24, 2.45) is 0 Å². The molecule has 2 aromatic rings. The second-order valence-corrected chi connectivity index (χ2v) is 7.62. The van der Waals surface area contributed by atoms with E-state index in [9.17, 15) is 0 Å². The maximum Gasteiger partial charge on any atom is 0.122 e. The van der Waals surface area contributed by atoms with E-state index in [4.69, 9.17) is 4.42 Å². The molecule has 0 radical (unpaired) electrons. The highest BCUT2D eigenvalue weighted by atomic mass is 32.1. The quantitative estimate of drug-likeness (QED) is 0.888. The zero-order valence-electron chi connectivity index (χ0n) is 13.5. The van der Waals surface area contributed by atoms with Gasteiger partial charge in [0.25, 0.3) is 0 Å². The molecule has 5 heteroatoms. The Kier molecular flexibility index (Phi) is 5.19. The summed E-state index contributed by atoms with van der Waals surface area (Å²) in [5.41, 5.74) is 0.128. The van der Waals surface area contributed by atoms with Crippen LogP contribution in [-0.2, 0) is 12.0 Å². The third-order valence-electron chi connectivity index (χ3n) is 3.33. The van der Waals surface area contributed by atoms with Crippen LogP contribution in [0.3, 0.4) is 0 Å². The van der Waals surface area contributed by atoms with Crippen molar-refractivity contribution in [3.05, 3.63) is 40.2 Å². The van der Waals surface area contributed by atoms with Crippen LogP contribution in [0.15, 0.2) is 29.0 Å². The minimum Gasteiger partial charge on any atom is -0.468 e. The molecule has 0 spiro atoms. The first kappa shape index (κ1) is 16.2. The van der Waals surface area contributed by atoms with Crippen LogP contribution < -0.4 is 5.32 Å². The third kappa shape index (κ3) is 4.40. The van der Waals surface area contributed by atoms with Crippen LogP contribution in [0.5, 0.6) is 0 Å². The van der Waals surface area contributed by atoms with E-state index in [-0.39, 0.29) is 11.5 Å². The highest BCUT2D eigenvalue weighted by Gasteiger charge is 2.19. The van der Waals surface area contributed by atoms with Crippen molar-refractivity contribution < 1.29 is 4.42 Å². The zero-order valence-corrected chi connectivity index (χ0v) is 14.3. The van der Waals surface area contributed by atoms with E-state index < -0.39 is 0 Å². The van der Waals surface area contributed by atoms with Crippen LogP contribution in [0.25, 0.3) is 0 Å². The predicted octanol–water partition coefficient (Wildman–Crippen LogP) is 3.43. The number of hydrogen-bond donors (Lipinski definition) is 1. The third-order valence-corrected chi connectivity index (χ3v) is 4.75. The number of nitrogens with zero attached hydrogens (tertiary/aromatic N) is 2. The van der Waals surface area contributed by atoms with Gasteiger partial charge in [0.15, 0.2) is 0 Å². The summed E-state index contributed by atoms with van der Waals surface area (Å²) in [6.07, 6.45) is 3.71. The summed E-state index contributed by atoms with van der Waals surface area (Å²) in [4.78, 5) is 7.96. The minimum atomic E-state index is 0.128. The molecule has 0 aliphatic rings. The molecular formula is C16H25N3OS. The van der Waals surface area contributed by atoms with Crippen molar-refractivity contribution in [2.45, 2.75) is 38.8 Å². The van der Waals surface area contributed by atoms with Crippen molar-refractivity contribution in [3.8, 4) is 0 Å². The molecule has 4 nitrogen and oxygen atoms in total. The summed E-state index contributed by atoms with van der Waals surface area (Å²) in [6.45, 7) is 8.29. The Labute approximate surface area is 131 Å². The highest BCUT2D eigenvalue weighted by molar-refractivity contribution is 7.11. The first-order chi connectivity index (χ1) is 9.88. The average molecular weight is 307 g/mol. The Bertz CT molecular complexity index is 540. The van der Waals surface area contributed by atoms with Gasteiger partial charge in [-0.15, -0.1) is 11.3 Å². The largest absolute Gasteiger partial charge is 0.468 e. The zero-order chi connectivity index (χ0) is 15.5. The van der Waals surface area contributed by atoms with E-state index in [0.29, 0.717) is 0 Å². The molecule has 21 heavy (non-hydrogen) atoms. The number of rotatable bonds is 6. The van der Waals surface area contributed by atoms with Gasteiger partial charge in [0.1, 0.15) is 5.76 Å². The van der Waals surface area contributed by atoms with Crippen molar-refractivity contribution in [3.63, 3.8) is 0 Å². The van der Waals surface area contributed by atoms with Crippen LogP contribution >= 0.6 is 11.3 Å². The summed E-state index contributed by atoms with van der Waals surface area (Å²) < 4.78 is 5.52. The molecule has 116 valence electrons. The van der Waals surface area contributed by atoms with Gasteiger partial charge >= 0.3 is 0 Å². The van der Waals surface area contributed by atoms with E-state index in [1.54, 1.807) is 17.6 Å². The molecule has 0 aliphatic heterocycles. The van der Waals surface area contributed by atoms with Gasteiger partial charge in [-0.1, -0.05) is 20.8 Å². The number of aromatic nitrogens is 1. The highest BCUT2D eigenvalue weighted by Crippen LogP contribution is 2.26. The lowest BCUT2D eigenvalue weighted by Gasteiger charge is -2.22. The molecule has 2 heterocycles. The Hall–Kier alpha value is -1.17. The van der Waals surface area contributed by atoms with E-state index in [2.05, 4.69) is 50.1 Å². The number of thiazole rings is 1. The number of likely N-dealkylation sites (N-methyl/N-ethyl adjacent to an activating group) is 1. The normalized spacial score (nSPS) is 13.8. The molecule has 2 rings (SSSR count). The molecule has 0 fully saturated rings. The van der Waals surface area contributed by atoms with Gasteiger partial charge in [-0.3, -0.25) is 4.90 Å². The molecule has 0 saturated heterocycles. The lowest BCUT2D eigenvalue weighted by molar-refractivity contribution is 0.250. The monoisotopic (exact) mass is 307 g/mol. The second kappa shape index (κ2) is 6.73. The number of nitrogens with one attached hydrogen (secondary N) is 1. The summed E-state index contributed by atoms with van der Waals surface area (Å²) in [6, 6.07) is 4.21. The van der Waals surface area contributed by atoms with Crippen LogP contribution in [0.4, 0.5) is 0 Å². The molecule has 1 unspecified atom stereocenters. The summed E-state index contributed by atoms with van der Waals surface area (Å²) in [7, 11) is 4.14. The Morgan fingerprint density at radius 1 is 1.38 bits per heavy atom. The van der Waals surface area contributed by atoms with Gasteiger partial charge in [0.05, 0.1) is 17.3 Å². The van der Waals surface area contributed by atoms with E-state index in [0.717, 1.165) is 18.8 Å². The van der Waals surface area contributed by atoms with Gasteiger partial charge in [-0.2, -0.15) is 0 Å². The maximum absolute atomic E-state index is 5.52. The lowest BCUT2D eigenvalue weighted by atomic mass is 9.98. The average Bonchev–Trinajstić information content (AvgIpc) is 3.04. The van der Waals surface area contributed by atoms with Crippen molar-refractivity contribution in [1.82, 2.24) is 15.2 Å². The van der Waals surface area contributed by atoms with Gasteiger partial charge in [0, 0.05) is 29.6 Å². The van der Waals surface area contributed by atoms with Crippen LogP contribution in [-0.4, -0.2) is 30.5 Å². The molecule has 0 amide bonds. The Morgan fingerprint density at radius 3 is 2.67 bits per heavy atom. The van der Waals surface area contributed by atoms with E-state index in [1.807, 2.05) is 18.3 Å². The SMILES string of the molecule is CN(C)C(CNCc1cnc(C(C)(C)C)s1)c1ccco1. The lowest BCUT2D eigenvalue weighted by Crippen LogP contribution is -2.30. The van der Waals surface area contributed by atoms with Gasteiger partial charge in [-0.25, -0.2) is 4.98 Å². The Morgan fingerprint density at radius 2 is 2.14 bits per heavy atom. The van der Waals surface area contributed by atoms with E-state index >= 15 is 0 Å². The fourth-order valence-corrected chi connectivity index (χ4v) is 3.03. The molecule has 0 aromatic carbocycles.